The zero-order valence-electron chi connectivity index (χ0n) is 11.5. The van der Waals surface area contributed by atoms with Crippen LogP contribution in [0.3, 0.4) is 0 Å². The first-order valence-corrected chi connectivity index (χ1v) is 7.45. The smallest absolute Gasteiger partial charge is 0.274 e. The maximum atomic E-state index is 12.5. The fourth-order valence-electron chi connectivity index (χ4n) is 2.50. The van der Waals surface area contributed by atoms with E-state index in [1.165, 1.54) is 16.6 Å². The summed E-state index contributed by atoms with van der Waals surface area (Å²) in [4.78, 5) is 24.2. The van der Waals surface area contributed by atoms with Gasteiger partial charge in [0.1, 0.15) is 11.5 Å². The van der Waals surface area contributed by atoms with Crippen LogP contribution in [-0.2, 0) is 6.42 Å². The molecule has 20 heavy (non-hydrogen) atoms. The lowest BCUT2D eigenvalue weighted by Crippen LogP contribution is -2.38. The number of anilines is 1. The molecule has 3 heterocycles. The van der Waals surface area contributed by atoms with Crippen LogP contribution in [0.25, 0.3) is 0 Å². The molecule has 1 aliphatic rings. The molecule has 0 aliphatic carbocycles. The number of hydrogen-bond acceptors (Lipinski definition) is 5. The highest BCUT2D eigenvalue weighted by Gasteiger charge is 2.29. The van der Waals surface area contributed by atoms with Crippen molar-refractivity contribution in [3.63, 3.8) is 0 Å². The predicted octanol–water partition coefficient (Wildman–Crippen LogP) is 2.34. The van der Waals surface area contributed by atoms with E-state index < -0.39 is 0 Å². The SMILES string of the molecule is CNc1cnc(C(=O)N2CCc3sccc3C2C)cn1. The van der Waals surface area contributed by atoms with E-state index in [0.29, 0.717) is 11.5 Å². The Morgan fingerprint density at radius 2 is 2.30 bits per heavy atom. The van der Waals surface area contributed by atoms with Crippen LogP contribution in [0.5, 0.6) is 0 Å². The molecule has 6 heteroatoms. The van der Waals surface area contributed by atoms with Crippen LogP contribution in [0.15, 0.2) is 23.8 Å². The third-order valence-corrected chi connectivity index (χ3v) is 4.66. The third kappa shape index (κ3) is 2.16. The molecular formula is C14H16N4OS. The molecule has 1 amide bonds. The number of fused-ring (bicyclic) bond motifs is 1. The summed E-state index contributed by atoms with van der Waals surface area (Å²) in [5.74, 6) is 0.609. The van der Waals surface area contributed by atoms with Crippen LogP contribution >= 0.6 is 11.3 Å². The fraction of sp³-hybridized carbons (Fsp3) is 0.357. The Balaban J connectivity index is 1.84. The van der Waals surface area contributed by atoms with Gasteiger partial charge in [-0.1, -0.05) is 0 Å². The third-order valence-electron chi connectivity index (χ3n) is 3.67. The second kappa shape index (κ2) is 5.20. The minimum atomic E-state index is -0.0514. The molecule has 2 aromatic rings. The van der Waals surface area contributed by atoms with E-state index in [1.807, 2.05) is 4.90 Å². The molecule has 104 valence electrons. The maximum Gasteiger partial charge on any atom is 0.274 e. The molecule has 3 rings (SSSR count). The highest BCUT2D eigenvalue weighted by atomic mass is 32.1. The standard InChI is InChI=1S/C14H16N4OS/c1-9-10-4-6-20-12(10)3-5-18(9)14(19)11-7-17-13(15-2)8-16-11/h4,6-9H,3,5H2,1-2H3,(H,15,17). The van der Waals surface area contributed by atoms with Crippen molar-refractivity contribution in [2.45, 2.75) is 19.4 Å². The van der Waals surface area contributed by atoms with E-state index in [9.17, 15) is 4.79 Å². The number of amides is 1. The average Bonchev–Trinajstić information content (AvgIpc) is 2.96. The van der Waals surface area contributed by atoms with Crippen LogP contribution < -0.4 is 5.32 Å². The summed E-state index contributed by atoms with van der Waals surface area (Å²) in [5, 5.41) is 4.99. The maximum absolute atomic E-state index is 12.5. The first kappa shape index (κ1) is 13.1. The van der Waals surface area contributed by atoms with Gasteiger partial charge in [-0.3, -0.25) is 4.79 Å². The molecule has 0 bridgehead atoms. The number of thiophene rings is 1. The van der Waals surface area contributed by atoms with Crippen molar-refractivity contribution in [1.82, 2.24) is 14.9 Å². The Kier molecular flexibility index (Phi) is 3.40. The minimum Gasteiger partial charge on any atom is -0.372 e. The van der Waals surface area contributed by atoms with E-state index in [0.717, 1.165) is 13.0 Å². The zero-order chi connectivity index (χ0) is 14.1. The number of rotatable bonds is 2. The summed E-state index contributed by atoms with van der Waals surface area (Å²) in [6.07, 6.45) is 4.03. The van der Waals surface area contributed by atoms with Crippen molar-refractivity contribution in [3.8, 4) is 0 Å². The van der Waals surface area contributed by atoms with Gasteiger partial charge in [0.25, 0.3) is 5.91 Å². The zero-order valence-corrected chi connectivity index (χ0v) is 12.3. The van der Waals surface area contributed by atoms with Crippen molar-refractivity contribution in [2.24, 2.45) is 0 Å². The van der Waals surface area contributed by atoms with Gasteiger partial charge < -0.3 is 10.2 Å². The Morgan fingerprint density at radius 1 is 1.45 bits per heavy atom. The first-order valence-electron chi connectivity index (χ1n) is 6.57. The number of nitrogens with zero attached hydrogens (tertiary/aromatic N) is 3. The molecular weight excluding hydrogens is 272 g/mol. The van der Waals surface area contributed by atoms with Gasteiger partial charge in [0, 0.05) is 18.5 Å². The van der Waals surface area contributed by atoms with Crippen LogP contribution in [0.2, 0.25) is 0 Å². The van der Waals surface area contributed by atoms with E-state index >= 15 is 0 Å². The van der Waals surface area contributed by atoms with E-state index in [4.69, 9.17) is 0 Å². The highest BCUT2D eigenvalue weighted by Crippen LogP contribution is 2.33. The van der Waals surface area contributed by atoms with Crippen molar-refractivity contribution in [1.29, 1.82) is 0 Å². The van der Waals surface area contributed by atoms with Crippen molar-refractivity contribution < 1.29 is 4.79 Å². The molecule has 1 N–H and O–H groups in total. The largest absolute Gasteiger partial charge is 0.372 e. The van der Waals surface area contributed by atoms with Crippen molar-refractivity contribution in [3.05, 3.63) is 40.0 Å². The van der Waals surface area contributed by atoms with Gasteiger partial charge in [-0.25, -0.2) is 9.97 Å². The van der Waals surface area contributed by atoms with Gasteiger partial charge in [0.05, 0.1) is 18.4 Å². The first-order chi connectivity index (χ1) is 9.70. The Labute approximate surface area is 121 Å². The van der Waals surface area contributed by atoms with Gasteiger partial charge in [-0.2, -0.15) is 0 Å². The Hall–Kier alpha value is -1.95. The van der Waals surface area contributed by atoms with Crippen LogP contribution in [0.1, 0.15) is 33.9 Å². The number of hydrogen-bond donors (Lipinski definition) is 1. The number of aromatic nitrogens is 2. The average molecular weight is 288 g/mol. The van der Waals surface area contributed by atoms with Crippen molar-refractivity contribution >= 4 is 23.1 Å². The topological polar surface area (TPSA) is 58.1 Å². The normalized spacial score (nSPS) is 17.7. The highest BCUT2D eigenvalue weighted by molar-refractivity contribution is 7.10. The molecule has 1 aliphatic heterocycles. The summed E-state index contributed by atoms with van der Waals surface area (Å²) in [7, 11) is 1.77. The molecule has 0 radical (unpaired) electrons. The second-order valence-electron chi connectivity index (χ2n) is 4.76. The van der Waals surface area contributed by atoms with E-state index in [1.54, 1.807) is 24.6 Å². The molecule has 0 aromatic carbocycles. The van der Waals surface area contributed by atoms with Crippen molar-refractivity contribution in [2.75, 3.05) is 18.9 Å². The molecule has 5 nitrogen and oxygen atoms in total. The van der Waals surface area contributed by atoms with E-state index in [-0.39, 0.29) is 11.9 Å². The number of carbonyl (C=O) groups excluding carboxylic acids is 1. The monoisotopic (exact) mass is 288 g/mol. The van der Waals surface area contributed by atoms with Crippen LogP contribution in [0, 0.1) is 0 Å². The van der Waals surface area contributed by atoms with E-state index in [2.05, 4.69) is 33.7 Å². The summed E-state index contributed by atoms with van der Waals surface area (Å²) < 4.78 is 0. The van der Waals surface area contributed by atoms with Crippen LogP contribution in [-0.4, -0.2) is 34.4 Å². The fourth-order valence-corrected chi connectivity index (χ4v) is 3.46. The molecule has 1 unspecified atom stereocenters. The number of nitrogens with one attached hydrogen (secondary N) is 1. The molecule has 0 fully saturated rings. The molecule has 1 atom stereocenters. The Morgan fingerprint density at radius 3 is 3.00 bits per heavy atom. The molecule has 0 saturated carbocycles. The summed E-state index contributed by atoms with van der Waals surface area (Å²) in [6.45, 7) is 2.81. The predicted molar refractivity (Wildman–Crippen MR) is 79.1 cm³/mol. The lowest BCUT2D eigenvalue weighted by Gasteiger charge is -2.33. The lowest BCUT2D eigenvalue weighted by molar-refractivity contribution is 0.0673. The second-order valence-corrected chi connectivity index (χ2v) is 5.76. The van der Waals surface area contributed by atoms with Crippen LogP contribution in [0.4, 0.5) is 5.82 Å². The lowest BCUT2D eigenvalue weighted by atomic mass is 10.0. The van der Waals surface area contributed by atoms with Gasteiger partial charge >= 0.3 is 0 Å². The molecule has 0 saturated heterocycles. The molecule has 0 spiro atoms. The van der Waals surface area contributed by atoms with Gasteiger partial charge in [0.2, 0.25) is 0 Å². The van der Waals surface area contributed by atoms with Gasteiger partial charge in [0.15, 0.2) is 0 Å². The van der Waals surface area contributed by atoms with Gasteiger partial charge in [-0.05, 0) is 30.4 Å². The quantitative estimate of drug-likeness (QED) is 0.921. The summed E-state index contributed by atoms with van der Waals surface area (Å²) in [5.41, 5.74) is 1.66. The number of carbonyl (C=O) groups is 1. The minimum absolute atomic E-state index is 0.0514. The summed E-state index contributed by atoms with van der Waals surface area (Å²) in [6, 6.07) is 2.21. The van der Waals surface area contributed by atoms with Gasteiger partial charge in [-0.15, -0.1) is 11.3 Å². The summed E-state index contributed by atoms with van der Waals surface area (Å²) >= 11 is 1.77. The molecule has 2 aromatic heterocycles. The Bertz CT molecular complexity index is 622.